The number of primary amides is 1. The van der Waals surface area contributed by atoms with Crippen molar-refractivity contribution in [2.75, 3.05) is 6.54 Å². The van der Waals surface area contributed by atoms with Crippen molar-refractivity contribution in [3.63, 3.8) is 0 Å². The summed E-state index contributed by atoms with van der Waals surface area (Å²) in [6, 6.07) is 5.08. The predicted molar refractivity (Wildman–Crippen MR) is 72.3 cm³/mol. The molecule has 0 bridgehead atoms. The van der Waals surface area contributed by atoms with Gasteiger partial charge in [0.05, 0.1) is 5.56 Å². The van der Waals surface area contributed by atoms with Gasteiger partial charge in [0.15, 0.2) is 0 Å². The highest BCUT2D eigenvalue weighted by molar-refractivity contribution is 5.89. The van der Waals surface area contributed by atoms with E-state index in [-0.39, 0.29) is 18.0 Å². The van der Waals surface area contributed by atoms with Crippen LogP contribution in [0, 0.1) is 0 Å². The molecule has 0 saturated carbocycles. The van der Waals surface area contributed by atoms with Crippen LogP contribution in [-0.4, -0.2) is 35.6 Å². The van der Waals surface area contributed by atoms with E-state index in [0.717, 1.165) is 0 Å². The number of carboxylic acid groups (broad SMARTS) is 1. The summed E-state index contributed by atoms with van der Waals surface area (Å²) in [6.07, 6.45) is 0.386. The van der Waals surface area contributed by atoms with Gasteiger partial charge in [0.2, 0.25) is 5.91 Å². The monoisotopic (exact) mass is 279 g/mol. The van der Waals surface area contributed by atoms with Crippen molar-refractivity contribution < 1.29 is 19.5 Å². The molecule has 1 atom stereocenters. The van der Waals surface area contributed by atoms with Crippen molar-refractivity contribution in [2.45, 2.75) is 19.4 Å². The van der Waals surface area contributed by atoms with E-state index in [0.29, 0.717) is 12.0 Å². The molecule has 0 aromatic heterocycles. The van der Waals surface area contributed by atoms with E-state index in [1.807, 2.05) is 0 Å². The van der Waals surface area contributed by atoms with Crippen molar-refractivity contribution in [3.8, 4) is 0 Å². The van der Waals surface area contributed by atoms with E-state index in [1.165, 1.54) is 13.0 Å². The van der Waals surface area contributed by atoms with Crippen LogP contribution in [0.3, 0.4) is 0 Å². The number of urea groups is 1. The maximum absolute atomic E-state index is 11.6. The minimum absolute atomic E-state index is 0.213. The Morgan fingerprint density at radius 3 is 2.55 bits per heavy atom. The number of benzene rings is 1. The largest absolute Gasteiger partial charge is 0.478 e. The van der Waals surface area contributed by atoms with Gasteiger partial charge in [-0.05, 0) is 25.0 Å². The van der Waals surface area contributed by atoms with Gasteiger partial charge in [-0.2, -0.15) is 0 Å². The first-order valence-electron chi connectivity index (χ1n) is 6.06. The second kappa shape index (κ2) is 7.13. The standard InChI is InChI=1S/C13H17N3O4/c1-8(16-13(14)20)11(17)15-7-6-9-4-2-3-5-10(9)12(18)19/h2-5,8H,6-7H2,1H3,(H,15,17)(H,18,19)(H3,14,16,20). The Morgan fingerprint density at radius 2 is 1.95 bits per heavy atom. The molecular weight excluding hydrogens is 262 g/mol. The Bertz CT molecular complexity index is 516. The summed E-state index contributed by atoms with van der Waals surface area (Å²) in [4.78, 5) is 33.2. The molecule has 1 unspecified atom stereocenters. The van der Waals surface area contributed by atoms with Gasteiger partial charge in [-0.1, -0.05) is 18.2 Å². The number of nitrogens with two attached hydrogens (primary N) is 1. The highest BCUT2D eigenvalue weighted by Crippen LogP contribution is 2.08. The Balaban J connectivity index is 2.51. The van der Waals surface area contributed by atoms with E-state index in [1.54, 1.807) is 18.2 Å². The van der Waals surface area contributed by atoms with Gasteiger partial charge in [0.1, 0.15) is 6.04 Å². The van der Waals surface area contributed by atoms with Gasteiger partial charge in [-0.3, -0.25) is 4.79 Å². The van der Waals surface area contributed by atoms with Gasteiger partial charge in [0.25, 0.3) is 0 Å². The topological polar surface area (TPSA) is 122 Å². The lowest BCUT2D eigenvalue weighted by Gasteiger charge is -2.13. The average Bonchev–Trinajstić information content (AvgIpc) is 2.38. The highest BCUT2D eigenvalue weighted by atomic mass is 16.4. The molecule has 0 aliphatic rings. The molecule has 20 heavy (non-hydrogen) atoms. The SMILES string of the molecule is CC(NC(N)=O)C(=O)NCCc1ccccc1C(=O)O. The van der Waals surface area contributed by atoms with Crippen molar-refractivity contribution in [1.82, 2.24) is 10.6 Å². The summed E-state index contributed by atoms with van der Waals surface area (Å²) in [5, 5.41) is 13.9. The first-order chi connectivity index (χ1) is 9.41. The summed E-state index contributed by atoms with van der Waals surface area (Å²) in [5.74, 6) is -1.38. The van der Waals surface area contributed by atoms with Crippen LogP contribution in [0.25, 0.3) is 0 Å². The summed E-state index contributed by atoms with van der Waals surface area (Å²) in [7, 11) is 0. The number of carbonyl (C=O) groups is 3. The predicted octanol–water partition coefficient (Wildman–Crippen LogP) is 0.100. The molecule has 0 aliphatic heterocycles. The molecule has 0 aliphatic carbocycles. The van der Waals surface area contributed by atoms with Gasteiger partial charge in [0, 0.05) is 6.54 Å². The van der Waals surface area contributed by atoms with Gasteiger partial charge >= 0.3 is 12.0 Å². The quantitative estimate of drug-likeness (QED) is 0.590. The molecule has 0 heterocycles. The third kappa shape index (κ3) is 4.60. The number of carbonyl (C=O) groups excluding carboxylic acids is 2. The van der Waals surface area contributed by atoms with E-state index >= 15 is 0 Å². The Morgan fingerprint density at radius 1 is 1.30 bits per heavy atom. The van der Waals surface area contributed by atoms with Crippen LogP contribution >= 0.6 is 0 Å². The second-order valence-electron chi connectivity index (χ2n) is 4.23. The second-order valence-corrected chi connectivity index (χ2v) is 4.23. The number of rotatable bonds is 6. The molecule has 1 aromatic rings. The maximum Gasteiger partial charge on any atom is 0.335 e. The zero-order valence-electron chi connectivity index (χ0n) is 11.1. The van der Waals surface area contributed by atoms with Crippen LogP contribution in [0.5, 0.6) is 0 Å². The molecule has 0 radical (unpaired) electrons. The number of nitrogens with one attached hydrogen (secondary N) is 2. The molecule has 1 rings (SSSR count). The molecule has 0 spiro atoms. The van der Waals surface area contributed by atoms with Crippen molar-refractivity contribution in [2.24, 2.45) is 5.73 Å². The molecule has 7 heteroatoms. The Labute approximate surface area is 116 Å². The fourth-order valence-corrected chi connectivity index (χ4v) is 1.70. The molecule has 1 aromatic carbocycles. The number of hydrogen-bond donors (Lipinski definition) is 4. The number of aromatic carboxylic acids is 1. The summed E-state index contributed by atoms with van der Waals surface area (Å²) < 4.78 is 0. The summed E-state index contributed by atoms with van der Waals surface area (Å²) in [5.41, 5.74) is 5.76. The average molecular weight is 279 g/mol. The Hall–Kier alpha value is -2.57. The zero-order valence-corrected chi connectivity index (χ0v) is 11.1. The molecule has 3 amide bonds. The van der Waals surface area contributed by atoms with Crippen molar-refractivity contribution >= 4 is 17.9 Å². The summed E-state index contributed by atoms with van der Waals surface area (Å²) >= 11 is 0. The van der Waals surface area contributed by atoms with Crippen LogP contribution in [0.15, 0.2) is 24.3 Å². The lowest BCUT2D eigenvalue weighted by molar-refractivity contribution is -0.122. The van der Waals surface area contributed by atoms with Gasteiger partial charge in [-0.25, -0.2) is 9.59 Å². The van der Waals surface area contributed by atoms with Crippen LogP contribution in [0.2, 0.25) is 0 Å². The normalized spacial score (nSPS) is 11.4. The minimum Gasteiger partial charge on any atom is -0.478 e. The van der Waals surface area contributed by atoms with Crippen molar-refractivity contribution in [1.29, 1.82) is 0 Å². The third-order valence-electron chi connectivity index (χ3n) is 2.69. The lowest BCUT2D eigenvalue weighted by Crippen LogP contribution is -2.47. The molecule has 0 saturated heterocycles. The van der Waals surface area contributed by atoms with Gasteiger partial charge < -0.3 is 21.5 Å². The third-order valence-corrected chi connectivity index (χ3v) is 2.69. The highest BCUT2D eigenvalue weighted by Gasteiger charge is 2.14. The number of amides is 3. The fourth-order valence-electron chi connectivity index (χ4n) is 1.70. The minimum atomic E-state index is -1.00. The van der Waals surface area contributed by atoms with E-state index in [4.69, 9.17) is 10.8 Å². The molecular formula is C13H17N3O4. The number of carboxylic acids is 1. The molecule has 108 valence electrons. The Kier molecular flexibility index (Phi) is 5.52. The van der Waals surface area contributed by atoms with Crippen LogP contribution in [0.4, 0.5) is 4.79 Å². The van der Waals surface area contributed by atoms with Crippen LogP contribution in [0.1, 0.15) is 22.8 Å². The maximum atomic E-state index is 11.6. The number of hydrogen-bond acceptors (Lipinski definition) is 3. The van der Waals surface area contributed by atoms with Crippen molar-refractivity contribution in [3.05, 3.63) is 35.4 Å². The van der Waals surface area contributed by atoms with E-state index < -0.39 is 18.0 Å². The molecule has 5 N–H and O–H groups in total. The first-order valence-corrected chi connectivity index (χ1v) is 6.06. The first kappa shape index (κ1) is 15.5. The smallest absolute Gasteiger partial charge is 0.335 e. The lowest BCUT2D eigenvalue weighted by atomic mass is 10.0. The van der Waals surface area contributed by atoms with E-state index in [9.17, 15) is 14.4 Å². The fraction of sp³-hybridized carbons (Fsp3) is 0.308. The molecule has 0 fully saturated rings. The zero-order chi connectivity index (χ0) is 15.1. The molecule has 7 nitrogen and oxygen atoms in total. The van der Waals surface area contributed by atoms with Gasteiger partial charge in [-0.15, -0.1) is 0 Å². The van der Waals surface area contributed by atoms with E-state index in [2.05, 4.69) is 10.6 Å². The van der Waals surface area contributed by atoms with Crippen LogP contribution in [-0.2, 0) is 11.2 Å². The van der Waals surface area contributed by atoms with Crippen LogP contribution < -0.4 is 16.4 Å². The summed E-state index contributed by atoms with van der Waals surface area (Å²) in [6.45, 7) is 1.78.